The Hall–Kier alpha value is -0.990. The SMILES string of the molecule is COC(=O)C1CCCC1S(=O)(=O)N(C)Cc1cscn1. The first-order chi connectivity index (χ1) is 9.46. The molecule has 2 unspecified atom stereocenters. The third-order valence-electron chi connectivity index (χ3n) is 3.64. The second-order valence-electron chi connectivity index (χ2n) is 4.88. The first-order valence-electron chi connectivity index (χ1n) is 6.37. The van der Waals surface area contributed by atoms with Gasteiger partial charge in [-0.25, -0.2) is 13.4 Å². The monoisotopic (exact) mass is 318 g/mol. The highest BCUT2D eigenvalue weighted by Crippen LogP contribution is 2.33. The van der Waals surface area contributed by atoms with Crippen molar-refractivity contribution < 1.29 is 17.9 Å². The lowest BCUT2D eigenvalue weighted by atomic mass is 10.1. The Morgan fingerprint density at radius 1 is 1.55 bits per heavy atom. The number of methoxy groups -OCH3 is 1. The largest absolute Gasteiger partial charge is 0.469 e. The lowest BCUT2D eigenvalue weighted by molar-refractivity contribution is -0.145. The van der Waals surface area contributed by atoms with Gasteiger partial charge in [0, 0.05) is 12.4 Å². The zero-order chi connectivity index (χ0) is 14.8. The van der Waals surface area contributed by atoms with Crippen LogP contribution in [0.25, 0.3) is 0 Å². The van der Waals surface area contributed by atoms with E-state index in [9.17, 15) is 13.2 Å². The molecule has 6 nitrogen and oxygen atoms in total. The Kier molecular flexibility index (Phi) is 4.77. The normalized spacial score (nSPS) is 23.1. The Labute approximate surface area is 122 Å². The molecule has 0 aromatic carbocycles. The molecule has 20 heavy (non-hydrogen) atoms. The molecular weight excluding hydrogens is 300 g/mol. The van der Waals surface area contributed by atoms with Crippen LogP contribution in [0, 0.1) is 5.92 Å². The molecule has 0 amide bonds. The molecule has 0 bridgehead atoms. The van der Waals surface area contributed by atoms with Crippen molar-refractivity contribution in [1.82, 2.24) is 9.29 Å². The number of sulfonamides is 1. The number of nitrogens with zero attached hydrogens (tertiary/aromatic N) is 2. The molecule has 1 aromatic heterocycles. The molecule has 0 saturated heterocycles. The molecule has 8 heteroatoms. The van der Waals surface area contributed by atoms with Gasteiger partial charge in [0.1, 0.15) is 0 Å². The third-order valence-corrected chi connectivity index (χ3v) is 6.60. The minimum atomic E-state index is -3.52. The van der Waals surface area contributed by atoms with E-state index in [1.807, 2.05) is 5.38 Å². The maximum atomic E-state index is 12.6. The fourth-order valence-electron chi connectivity index (χ4n) is 2.57. The summed E-state index contributed by atoms with van der Waals surface area (Å²) in [4.78, 5) is 15.8. The molecule has 0 radical (unpaired) electrons. The number of hydrogen-bond donors (Lipinski definition) is 0. The van der Waals surface area contributed by atoms with Crippen LogP contribution in [0.1, 0.15) is 25.0 Å². The van der Waals surface area contributed by atoms with Crippen molar-refractivity contribution in [2.75, 3.05) is 14.2 Å². The van der Waals surface area contributed by atoms with Crippen molar-refractivity contribution in [3.8, 4) is 0 Å². The van der Waals surface area contributed by atoms with Crippen LogP contribution in [0.5, 0.6) is 0 Å². The Bertz CT molecular complexity index is 556. The van der Waals surface area contributed by atoms with E-state index >= 15 is 0 Å². The van der Waals surface area contributed by atoms with Crippen molar-refractivity contribution in [3.05, 3.63) is 16.6 Å². The van der Waals surface area contributed by atoms with Gasteiger partial charge in [-0.2, -0.15) is 4.31 Å². The van der Waals surface area contributed by atoms with Crippen molar-refractivity contribution in [1.29, 1.82) is 0 Å². The van der Waals surface area contributed by atoms with Crippen molar-refractivity contribution >= 4 is 27.3 Å². The average molecular weight is 318 g/mol. The van der Waals surface area contributed by atoms with Gasteiger partial charge in [-0.3, -0.25) is 4.79 Å². The van der Waals surface area contributed by atoms with Gasteiger partial charge in [0.2, 0.25) is 10.0 Å². The lowest BCUT2D eigenvalue weighted by Gasteiger charge is -2.24. The number of hydrogen-bond acceptors (Lipinski definition) is 6. The second-order valence-corrected chi connectivity index (χ2v) is 7.86. The highest BCUT2D eigenvalue weighted by Gasteiger charge is 2.43. The van der Waals surface area contributed by atoms with E-state index in [0.29, 0.717) is 18.5 Å². The van der Waals surface area contributed by atoms with E-state index in [1.165, 1.54) is 29.8 Å². The standard InChI is InChI=1S/C12H18N2O4S2/c1-14(6-9-7-19-8-13-9)20(16,17)11-5-3-4-10(11)12(15)18-2/h7-8,10-11H,3-6H2,1-2H3. The van der Waals surface area contributed by atoms with Gasteiger partial charge >= 0.3 is 5.97 Å². The fraction of sp³-hybridized carbons (Fsp3) is 0.667. The summed E-state index contributed by atoms with van der Waals surface area (Å²) >= 11 is 1.43. The second kappa shape index (κ2) is 6.19. The first-order valence-corrected chi connectivity index (χ1v) is 8.81. The highest BCUT2D eigenvalue weighted by atomic mass is 32.2. The zero-order valence-corrected chi connectivity index (χ0v) is 13.1. The molecule has 0 N–H and O–H groups in total. The van der Waals surface area contributed by atoms with Crippen molar-refractivity contribution in [2.45, 2.75) is 31.1 Å². The van der Waals surface area contributed by atoms with Gasteiger partial charge in [0.05, 0.1) is 36.0 Å². The summed E-state index contributed by atoms with van der Waals surface area (Å²) in [6.07, 6.45) is 1.80. The molecule has 1 saturated carbocycles. The highest BCUT2D eigenvalue weighted by molar-refractivity contribution is 7.89. The molecule has 1 aliphatic carbocycles. The minimum absolute atomic E-state index is 0.232. The van der Waals surface area contributed by atoms with Gasteiger partial charge in [-0.05, 0) is 12.8 Å². The van der Waals surface area contributed by atoms with Gasteiger partial charge in [-0.15, -0.1) is 11.3 Å². The summed E-state index contributed by atoms with van der Waals surface area (Å²) in [5.74, 6) is -0.985. The van der Waals surface area contributed by atoms with E-state index in [-0.39, 0.29) is 6.54 Å². The predicted molar refractivity (Wildman–Crippen MR) is 75.6 cm³/mol. The number of rotatable bonds is 5. The molecule has 2 atom stereocenters. The number of carbonyl (C=O) groups is 1. The fourth-order valence-corrected chi connectivity index (χ4v) is 5.02. The molecule has 1 aliphatic rings. The van der Waals surface area contributed by atoms with Gasteiger partial charge in [0.25, 0.3) is 0 Å². The molecule has 2 rings (SSSR count). The van der Waals surface area contributed by atoms with Crippen LogP contribution in [0.4, 0.5) is 0 Å². The summed E-state index contributed by atoms with van der Waals surface area (Å²) in [6, 6.07) is 0. The summed E-state index contributed by atoms with van der Waals surface area (Å²) in [5, 5.41) is 1.14. The van der Waals surface area contributed by atoms with Crippen molar-refractivity contribution in [3.63, 3.8) is 0 Å². The van der Waals surface area contributed by atoms with Gasteiger partial charge in [-0.1, -0.05) is 6.42 Å². The van der Waals surface area contributed by atoms with Crippen LogP contribution in [0.3, 0.4) is 0 Å². The van der Waals surface area contributed by atoms with Crippen LogP contribution in [-0.4, -0.2) is 43.1 Å². The van der Waals surface area contributed by atoms with E-state index in [1.54, 1.807) is 5.51 Å². The van der Waals surface area contributed by atoms with Gasteiger partial charge in [0.15, 0.2) is 0 Å². The molecule has 0 aliphatic heterocycles. The Balaban J connectivity index is 2.14. The van der Waals surface area contributed by atoms with E-state index < -0.39 is 27.2 Å². The van der Waals surface area contributed by atoms with E-state index in [0.717, 1.165) is 6.42 Å². The minimum Gasteiger partial charge on any atom is -0.469 e. The third kappa shape index (κ3) is 3.02. The van der Waals surface area contributed by atoms with Crippen LogP contribution in [0.15, 0.2) is 10.9 Å². The molecule has 1 heterocycles. The molecule has 1 fully saturated rings. The Morgan fingerprint density at radius 3 is 2.90 bits per heavy atom. The maximum Gasteiger partial charge on any atom is 0.310 e. The topological polar surface area (TPSA) is 76.6 Å². The quantitative estimate of drug-likeness (QED) is 0.764. The predicted octanol–water partition coefficient (Wildman–Crippen LogP) is 1.25. The smallest absolute Gasteiger partial charge is 0.310 e. The van der Waals surface area contributed by atoms with E-state index in [2.05, 4.69) is 4.98 Å². The van der Waals surface area contributed by atoms with Crippen LogP contribution >= 0.6 is 11.3 Å². The molecule has 112 valence electrons. The average Bonchev–Trinajstić information content (AvgIpc) is 3.08. The van der Waals surface area contributed by atoms with Crippen LogP contribution in [0.2, 0.25) is 0 Å². The Morgan fingerprint density at radius 2 is 2.30 bits per heavy atom. The van der Waals surface area contributed by atoms with Crippen LogP contribution < -0.4 is 0 Å². The van der Waals surface area contributed by atoms with Crippen molar-refractivity contribution in [2.24, 2.45) is 5.92 Å². The number of carbonyl (C=O) groups excluding carboxylic acids is 1. The molecule has 0 spiro atoms. The van der Waals surface area contributed by atoms with Gasteiger partial charge < -0.3 is 4.74 Å². The number of thiazole rings is 1. The van der Waals surface area contributed by atoms with Crippen LogP contribution in [-0.2, 0) is 26.1 Å². The lowest BCUT2D eigenvalue weighted by Crippen LogP contribution is -2.40. The zero-order valence-electron chi connectivity index (χ0n) is 11.5. The summed E-state index contributed by atoms with van der Waals surface area (Å²) < 4.78 is 31.2. The molecule has 1 aromatic rings. The number of esters is 1. The first kappa shape index (κ1) is 15.4. The summed E-state index contributed by atoms with van der Waals surface area (Å²) in [7, 11) is -0.698. The summed E-state index contributed by atoms with van der Waals surface area (Å²) in [6.45, 7) is 0.232. The number of ether oxygens (including phenoxy) is 1. The summed E-state index contributed by atoms with van der Waals surface area (Å²) in [5.41, 5.74) is 2.39. The maximum absolute atomic E-state index is 12.6. The molecular formula is C12H18N2O4S2. The van der Waals surface area contributed by atoms with E-state index in [4.69, 9.17) is 4.74 Å². The number of aromatic nitrogens is 1.